The monoisotopic (exact) mass is 313 g/mol. The molecule has 7 heteroatoms. The SMILES string of the molecule is Cn1cccc1C(=O)C(=O)N[C@@H]1CCCN(c2cnccn2)C1. The highest BCUT2D eigenvalue weighted by atomic mass is 16.2. The van der Waals surface area contributed by atoms with Crippen LogP contribution in [0.5, 0.6) is 0 Å². The third-order valence-electron chi connectivity index (χ3n) is 4.01. The van der Waals surface area contributed by atoms with E-state index in [4.69, 9.17) is 0 Å². The molecular formula is C16H19N5O2. The molecule has 0 saturated carbocycles. The van der Waals surface area contributed by atoms with E-state index in [1.807, 2.05) is 0 Å². The lowest BCUT2D eigenvalue weighted by Crippen LogP contribution is -2.49. The minimum atomic E-state index is -0.558. The zero-order valence-corrected chi connectivity index (χ0v) is 13.0. The second kappa shape index (κ2) is 6.60. The molecule has 120 valence electrons. The molecule has 1 atom stereocenters. The maximum absolute atomic E-state index is 12.2. The maximum Gasteiger partial charge on any atom is 0.294 e. The first-order chi connectivity index (χ1) is 11.1. The first-order valence-corrected chi connectivity index (χ1v) is 7.62. The highest BCUT2D eigenvalue weighted by Gasteiger charge is 2.26. The largest absolute Gasteiger partial charge is 0.353 e. The van der Waals surface area contributed by atoms with Gasteiger partial charge in [0.25, 0.3) is 11.7 Å². The Balaban J connectivity index is 1.62. The van der Waals surface area contributed by atoms with Gasteiger partial charge in [0.15, 0.2) is 0 Å². The van der Waals surface area contributed by atoms with Crippen molar-refractivity contribution in [3.8, 4) is 0 Å². The fourth-order valence-electron chi connectivity index (χ4n) is 2.82. The number of aryl methyl sites for hydroxylation is 1. The number of nitrogens with zero attached hydrogens (tertiary/aromatic N) is 4. The van der Waals surface area contributed by atoms with Gasteiger partial charge in [-0.2, -0.15) is 0 Å². The molecule has 1 N–H and O–H groups in total. The summed E-state index contributed by atoms with van der Waals surface area (Å²) >= 11 is 0. The molecule has 1 saturated heterocycles. The summed E-state index contributed by atoms with van der Waals surface area (Å²) in [4.78, 5) is 34.8. The number of hydrogen-bond acceptors (Lipinski definition) is 5. The highest BCUT2D eigenvalue weighted by molar-refractivity contribution is 6.42. The number of hydrogen-bond donors (Lipinski definition) is 1. The molecule has 2 aromatic heterocycles. The van der Waals surface area contributed by atoms with E-state index in [0.717, 1.165) is 25.2 Å². The summed E-state index contributed by atoms with van der Waals surface area (Å²) in [5.41, 5.74) is 0.393. The first kappa shape index (κ1) is 15.2. The van der Waals surface area contributed by atoms with Crippen molar-refractivity contribution < 1.29 is 9.59 Å². The molecule has 0 aliphatic carbocycles. The number of rotatable bonds is 4. The van der Waals surface area contributed by atoms with Gasteiger partial charge in [0.1, 0.15) is 5.82 Å². The molecule has 7 nitrogen and oxygen atoms in total. The molecular weight excluding hydrogens is 294 g/mol. The van der Waals surface area contributed by atoms with Gasteiger partial charge < -0.3 is 14.8 Å². The average molecular weight is 313 g/mol. The smallest absolute Gasteiger partial charge is 0.294 e. The van der Waals surface area contributed by atoms with Crippen LogP contribution in [0.1, 0.15) is 23.3 Å². The molecule has 0 unspecified atom stereocenters. The van der Waals surface area contributed by atoms with E-state index < -0.39 is 11.7 Å². The van der Waals surface area contributed by atoms with E-state index in [1.54, 1.807) is 48.5 Å². The number of aromatic nitrogens is 3. The fraction of sp³-hybridized carbons (Fsp3) is 0.375. The van der Waals surface area contributed by atoms with Gasteiger partial charge in [-0.05, 0) is 25.0 Å². The van der Waals surface area contributed by atoms with Crippen LogP contribution >= 0.6 is 0 Å². The van der Waals surface area contributed by atoms with E-state index in [2.05, 4.69) is 20.2 Å². The highest BCUT2D eigenvalue weighted by Crippen LogP contribution is 2.16. The van der Waals surface area contributed by atoms with Gasteiger partial charge in [0.05, 0.1) is 11.9 Å². The van der Waals surface area contributed by atoms with Crippen LogP contribution in [0.15, 0.2) is 36.9 Å². The van der Waals surface area contributed by atoms with E-state index in [0.29, 0.717) is 12.2 Å². The average Bonchev–Trinajstić information content (AvgIpc) is 3.01. The Morgan fingerprint density at radius 3 is 2.91 bits per heavy atom. The van der Waals surface area contributed by atoms with Crippen molar-refractivity contribution in [2.24, 2.45) is 7.05 Å². The summed E-state index contributed by atoms with van der Waals surface area (Å²) in [5, 5.41) is 2.84. The zero-order valence-electron chi connectivity index (χ0n) is 13.0. The van der Waals surface area contributed by atoms with Crippen LogP contribution in [0.2, 0.25) is 0 Å². The number of ketones is 1. The number of amides is 1. The zero-order chi connectivity index (χ0) is 16.2. The van der Waals surface area contributed by atoms with Crippen molar-refractivity contribution in [1.29, 1.82) is 0 Å². The molecule has 1 aliphatic rings. The Morgan fingerprint density at radius 1 is 1.35 bits per heavy atom. The van der Waals surface area contributed by atoms with Crippen molar-refractivity contribution in [1.82, 2.24) is 19.9 Å². The minimum absolute atomic E-state index is 0.0672. The van der Waals surface area contributed by atoms with Crippen LogP contribution in [-0.4, -0.2) is 45.4 Å². The number of anilines is 1. The number of nitrogens with one attached hydrogen (secondary N) is 1. The second-order valence-corrected chi connectivity index (χ2v) is 5.66. The predicted molar refractivity (Wildman–Crippen MR) is 85.2 cm³/mol. The Labute approximate surface area is 134 Å². The summed E-state index contributed by atoms with van der Waals surface area (Å²) in [7, 11) is 1.75. The summed E-state index contributed by atoms with van der Waals surface area (Å²) < 4.78 is 1.65. The third-order valence-corrected chi connectivity index (χ3v) is 4.01. The molecule has 3 rings (SSSR count). The van der Waals surface area contributed by atoms with Gasteiger partial charge in [0, 0.05) is 44.8 Å². The van der Waals surface area contributed by atoms with Crippen LogP contribution in [0.25, 0.3) is 0 Å². The summed E-state index contributed by atoms with van der Waals surface area (Å²) in [6.45, 7) is 1.50. The van der Waals surface area contributed by atoms with Crippen molar-refractivity contribution in [2.45, 2.75) is 18.9 Å². The summed E-state index contributed by atoms with van der Waals surface area (Å²) in [5.74, 6) is -0.271. The predicted octanol–water partition coefficient (Wildman–Crippen LogP) is 0.783. The number of Topliss-reactive ketones (excluding diaryl/α,β-unsaturated/α-hetero) is 1. The molecule has 1 aliphatic heterocycles. The van der Waals surface area contributed by atoms with E-state index in [9.17, 15) is 9.59 Å². The lowest BCUT2D eigenvalue weighted by atomic mass is 10.1. The topological polar surface area (TPSA) is 80.1 Å². The number of carbonyl (C=O) groups excluding carboxylic acids is 2. The summed E-state index contributed by atoms with van der Waals surface area (Å²) in [6, 6.07) is 3.33. The van der Waals surface area contributed by atoms with Gasteiger partial charge >= 0.3 is 0 Å². The molecule has 1 amide bonds. The van der Waals surface area contributed by atoms with E-state index >= 15 is 0 Å². The lowest BCUT2D eigenvalue weighted by molar-refractivity contribution is -0.117. The van der Waals surface area contributed by atoms with E-state index in [-0.39, 0.29) is 6.04 Å². The van der Waals surface area contributed by atoms with Gasteiger partial charge in [-0.1, -0.05) is 0 Å². The van der Waals surface area contributed by atoms with Crippen molar-refractivity contribution in [3.63, 3.8) is 0 Å². The quantitative estimate of drug-likeness (QED) is 0.666. The fourth-order valence-corrected chi connectivity index (χ4v) is 2.82. The Morgan fingerprint density at radius 2 is 2.22 bits per heavy atom. The van der Waals surface area contributed by atoms with E-state index in [1.165, 1.54) is 0 Å². The van der Waals surface area contributed by atoms with Crippen LogP contribution < -0.4 is 10.2 Å². The molecule has 0 spiro atoms. The molecule has 0 radical (unpaired) electrons. The van der Waals surface area contributed by atoms with Gasteiger partial charge in [-0.15, -0.1) is 0 Å². The van der Waals surface area contributed by atoms with Crippen LogP contribution in [-0.2, 0) is 11.8 Å². The maximum atomic E-state index is 12.2. The molecule has 23 heavy (non-hydrogen) atoms. The number of piperidine rings is 1. The standard InChI is InChI=1S/C16H19N5O2/c1-20-8-3-5-13(20)15(22)16(23)19-12-4-2-9-21(11-12)14-10-17-6-7-18-14/h3,5-8,10,12H,2,4,9,11H2,1H3,(H,19,23)/t12-/m1/s1. The van der Waals surface area contributed by atoms with Crippen LogP contribution in [0.4, 0.5) is 5.82 Å². The molecule has 0 bridgehead atoms. The van der Waals surface area contributed by atoms with Gasteiger partial charge in [-0.3, -0.25) is 14.6 Å². The third kappa shape index (κ3) is 3.39. The first-order valence-electron chi connectivity index (χ1n) is 7.62. The minimum Gasteiger partial charge on any atom is -0.353 e. The van der Waals surface area contributed by atoms with Crippen LogP contribution in [0.3, 0.4) is 0 Å². The van der Waals surface area contributed by atoms with Crippen LogP contribution in [0, 0.1) is 0 Å². The Bertz CT molecular complexity index is 698. The van der Waals surface area contributed by atoms with Gasteiger partial charge in [-0.25, -0.2) is 4.98 Å². The number of carbonyl (C=O) groups is 2. The van der Waals surface area contributed by atoms with Crippen molar-refractivity contribution >= 4 is 17.5 Å². The Hall–Kier alpha value is -2.70. The van der Waals surface area contributed by atoms with Crippen molar-refractivity contribution in [3.05, 3.63) is 42.6 Å². The van der Waals surface area contributed by atoms with Crippen molar-refractivity contribution in [2.75, 3.05) is 18.0 Å². The van der Waals surface area contributed by atoms with Gasteiger partial charge in [0.2, 0.25) is 0 Å². The Kier molecular flexibility index (Phi) is 4.36. The molecule has 2 aromatic rings. The summed E-state index contributed by atoms with van der Waals surface area (Å²) in [6.07, 6.45) is 8.51. The second-order valence-electron chi connectivity index (χ2n) is 5.66. The molecule has 0 aromatic carbocycles. The lowest BCUT2D eigenvalue weighted by Gasteiger charge is -2.33. The molecule has 3 heterocycles. The normalized spacial score (nSPS) is 17.8. The molecule has 1 fully saturated rings.